The van der Waals surface area contributed by atoms with E-state index in [1.54, 1.807) is 21.8 Å². The third-order valence-electron chi connectivity index (χ3n) is 2.58. The molecule has 16 heavy (non-hydrogen) atoms. The van der Waals surface area contributed by atoms with Gasteiger partial charge in [-0.3, -0.25) is 14.5 Å². The molecule has 0 aliphatic carbocycles. The number of nitrogens with zero attached hydrogens (tertiary/aromatic N) is 3. The molecule has 0 saturated carbocycles. The van der Waals surface area contributed by atoms with Crippen molar-refractivity contribution in [3.63, 3.8) is 0 Å². The van der Waals surface area contributed by atoms with Crippen LogP contribution in [0.4, 0.5) is 5.82 Å². The molecule has 1 aromatic rings. The van der Waals surface area contributed by atoms with Crippen LogP contribution < -0.4 is 4.90 Å². The summed E-state index contributed by atoms with van der Waals surface area (Å²) in [7, 11) is 0. The van der Waals surface area contributed by atoms with Crippen molar-refractivity contribution in [3.8, 4) is 0 Å². The van der Waals surface area contributed by atoms with Crippen LogP contribution in [0.2, 0.25) is 0 Å². The summed E-state index contributed by atoms with van der Waals surface area (Å²) in [6.45, 7) is 1.05. The highest BCUT2D eigenvalue weighted by atomic mass is 16.4. The Bertz CT molecular complexity index is 413. The van der Waals surface area contributed by atoms with Crippen molar-refractivity contribution in [2.75, 3.05) is 11.4 Å². The van der Waals surface area contributed by atoms with Crippen LogP contribution in [0.3, 0.4) is 0 Å². The zero-order chi connectivity index (χ0) is 11.5. The van der Waals surface area contributed by atoms with Gasteiger partial charge in [0.2, 0.25) is 5.91 Å². The van der Waals surface area contributed by atoms with Crippen LogP contribution in [-0.2, 0) is 16.1 Å². The number of carboxylic acids is 1. The molecule has 0 bridgehead atoms. The van der Waals surface area contributed by atoms with E-state index in [0.29, 0.717) is 25.9 Å². The predicted octanol–water partition coefficient (Wildman–Crippen LogP) is 0.485. The Morgan fingerprint density at radius 3 is 3.12 bits per heavy atom. The van der Waals surface area contributed by atoms with Gasteiger partial charge in [0.25, 0.3) is 0 Å². The lowest BCUT2D eigenvalue weighted by molar-refractivity contribution is -0.137. The molecule has 0 atom stereocenters. The van der Waals surface area contributed by atoms with Crippen LogP contribution in [0.1, 0.15) is 19.3 Å². The minimum atomic E-state index is -0.835. The van der Waals surface area contributed by atoms with Crippen molar-refractivity contribution in [1.29, 1.82) is 0 Å². The summed E-state index contributed by atoms with van der Waals surface area (Å²) in [5, 5.41) is 12.6. The molecule has 0 unspecified atom stereocenters. The lowest BCUT2D eigenvalue weighted by Crippen LogP contribution is -2.38. The molecule has 1 aliphatic heterocycles. The molecule has 2 heterocycles. The van der Waals surface area contributed by atoms with Crippen LogP contribution in [0.25, 0.3) is 0 Å². The van der Waals surface area contributed by atoms with Gasteiger partial charge in [-0.15, -0.1) is 0 Å². The van der Waals surface area contributed by atoms with Crippen molar-refractivity contribution < 1.29 is 14.7 Å². The number of aromatic nitrogens is 2. The second-order valence-corrected chi connectivity index (χ2v) is 3.71. The number of rotatable bonds is 4. The zero-order valence-corrected chi connectivity index (χ0v) is 8.80. The van der Waals surface area contributed by atoms with Crippen LogP contribution >= 0.6 is 0 Å². The Morgan fingerprint density at radius 1 is 1.56 bits per heavy atom. The highest BCUT2D eigenvalue weighted by molar-refractivity contribution is 5.93. The SMILES string of the molecule is O=C(O)CCCN1C(=O)CCn2nccc21. The first-order chi connectivity index (χ1) is 7.68. The molecule has 1 aliphatic rings. The van der Waals surface area contributed by atoms with Crippen molar-refractivity contribution in [2.45, 2.75) is 25.8 Å². The number of carbonyl (C=O) groups excluding carboxylic acids is 1. The van der Waals surface area contributed by atoms with Gasteiger partial charge in [0.15, 0.2) is 0 Å². The molecule has 0 radical (unpaired) electrons. The first-order valence-corrected chi connectivity index (χ1v) is 5.22. The smallest absolute Gasteiger partial charge is 0.303 e. The maximum Gasteiger partial charge on any atom is 0.303 e. The van der Waals surface area contributed by atoms with E-state index in [1.807, 2.05) is 0 Å². The lowest BCUT2D eigenvalue weighted by Gasteiger charge is -2.27. The van der Waals surface area contributed by atoms with Crippen LogP contribution in [0.5, 0.6) is 0 Å². The number of carbonyl (C=O) groups is 2. The summed E-state index contributed by atoms with van der Waals surface area (Å²) >= 11 is 0. The first-order valence-electron chi connectivity index (χ1n) is 5.22. The highest BCUT2D eigenvalue weighted by Crippen LogP contribution is 2.20. The molecular formula is C10H13N3O3. The molecule has 2 rings (SSSR count). The van der Waals surface area contributed by atoms with E-state index in [4.69, 9.17) is 5.11 Å². The van der Waals surface area contributed by atoms with Gasteiger partial charge in [0.1, 0.15) is 5.82 Å². The Hall–Kier alpha value is -1.85. The van der Waals surface area contributed by atoms with E-state index in [2.05, 4.69) is 5.10 Å². The lowest BCUT2D eigenvalue weighted by atomic mass is 10.2. The minimum Gasteiger partial charge on any atom is -0.481 e. The molecule has 0 spiro atoms. The number of hydrogen-bond acceptors (Lipinski definition) is 3. The van der Waals surface area contributed by atoms with Crippen molar-refractivity contribution in [2.24, 2.45) is 0 Å². The fourth-order valence-electron chi connectivity index (χ4n) is 1.82. The molecule has 1 aromatic heterocycles. The predicted molar refractivity (Wildman–Crippen MR) is 56.1 cm³/mol. The summed E-state index contributed by atoms with van der Waals surface area (Å²) in [6.07, 6.45) is 2.63. The number of aliphatic carboxylic acids is 1. The van der Waals surface area contributed by atoms with Gasteiger partial charge < -0.3 is 5.11 Å². The number of carboxylic acid groups (broad SMARTS) is 1. The van der Waals surface area contributed by atoms with E-state index < -0.39 is 5.97 Å². The Kier molecular flexibility index (Phi) is 2.89. The van der Waals surface area contributed by atoms with Crippen LogP contribution in [-0.4, -0.2) is 33.3 Å². The summed E-state index contributed by atoms with van der Waals surface area (Å²) < 4.78 is 1.77. The third-order valence-corrected chi connectivity index (χ3v) is 2.58. The maximum atomic E-state index is 11.7. The van der Waals surface area contributed by atoms with E-state index in [-0.39, 0.29) is 12.3 Å². The second kappa shape index (κ2) is 4.34. The van der Waals surface area contributed by atoms with Crippen LogP contribution in [0, 0.1) is 0 Å². The quantitative estimate of drug-likeness (QED) is 0.805. The molecule has 1 N–H and O–H groups in total. The van der Waals surface area contributed by atoms with Crippen molar-refractivity contribution >= 4 is 17.7 Å². The van der Waals surface area contributed by atoms with Gasteiger partial charge in [0, 0.05) is 25.5 Å². The second-order valence-electron chi connectivity index (χ2n) is 3.71. The molecule has 0 saturated heterocycles. The summed E-state index contributed by atoms with van der Waals surface area (Å²) in [6, 6.07) is 1.78. The average molecular weight is 223 g/mol. The van der Waals surface area contributed by atoms with Crippen molar-refractivity contribution in [3.05, 3.63) is 12.3 Å². The molecule has 6 nitrogen and oxygen atoms in total. The number of aryl methyl sites for hydroxylation is 1. The normalized spacial score (nSPS) is 15.0. The number of amides is 1. The highest BCUT2D eigenvalue weighted by Gasteiger charge is 2.23. The first kappa shape index (κ1) is 10.7. The summed E-state index contributed by atoms with van der Waals surface area (Å²) in [5.74, 6) is -0.0296. The zero-order valence-electron chi connectivity index (χ0n) is 8.80. The van der Waals surface area contributed by atoms with Crippen molar-refractivity contribution in [1.82, 2.24) is 9.78 Å². The van der Waals surface area contributed by atoms with Gasteiger partial charge in [0.05, 0.1) is 12.7 Å². The van der Waals surface area contributed by atoms with E-state index in [0.717, 1.165) is 5.82 Å². The largest absolute Gasteiger partial charge is 0.481 e. The molecular weight excluding hydrogens is 210 g/mol. The molecule has 0 fully saturated rings. The Balaban J connectivity index is 2.03. The van der Waals surface area contributed by atoms with Gasteiger partial charge in [-0.2, -0.15) is 5.10 Å². The average Bonchev–Trinajstić information content (AvgIpc) is 2.69. The molecule has 0 aromatic carbocycles. The minimum absolute atomic E-state index is 0.0402. The van der Waals surface area contributed by atoms with Gasteiger partial charge in [-0.05, 0) is 6.42 Å². The number of anilines is 1. The van der Waals surface area contributed by atoms with E-state index in [9.17, 15) is 9.59 Å². The topological polar surface area (TPSA) is 75.4 Å². The Labute approximate surface area is 92.5 Å². The van der Waals surface area contributed by atoms with Gasteiger partial charge in [-0.1, -0.05) is 0 Å². The molecule has 6 heteroatoms. The fourth-order valence-corrected chi connectivity index (χ4v) is 1.82. The van der Waals surface area contributed by atoms with E-state index in [1.165, 1.54) is 0 Å². The van der Waals surface area contributed by atoms with E-state index >= 15 is 0 Å². The summed E-state index contributed by atoms with van der Waals surface area (Å²) in [4.78, 5) is 23.7. The standard InChI is InChI=1S/C10H13N3O3/c14-9-4-7-13-8(3-5-11-13)12(9)6-1-2-10(15)16/h3,5H,1-2,4,6-7H2,(H,15,16). The number of hydrogen-bond donors (Lipinski definition) is 1. The summed E-state index contributed by atoms with van der Waals surface area (Å²) in [5.41, 5.74) is 0. The van der Waals surface area contributed by atoms with Crippen LogP contribution in [0.15, 0.2) is 12.3 Å². The fraction of sp³-hybridized carbons (Fsp3) is 0.500. The van der Waals surface area contributed by atoms with Gasteiger partial charge in [-0.25, -0.2) is 4.68 Å². The Morgan fingerprint density at radius 2 is 2.38 bits per heavy atom. The van der Waals surface area contributed by atoms with Gasteiger partial charge >= 0.3 is 5.97 Å². The monoisotopic (exact) mass is 223 g/mol. The third kappa shape index (κ3) is 2.05. The molecule has 1 amide bonds. The maximum absolute atomic E-state index is 11.7. The molecule has 86 valence electrons. The number of fused-ring (bicyclic) bond motifs is 1.